The molecule has 9 nitrogen and oxygen atoms in total. The van der Waals surface area contributed by atoms with Crippen molar-refractivity contribution in [2.24, 2.45) is 11.8 Å². The molecule has 2 aliphatic rings. The number of carboxylic acid groups (broad SMARTS) is 1. The number of phenolic OH excluding ortho intramolecular Hbond substituents is 1. The van der Waals surface area contributed by atoms with Gasteiger partial charge in [0.1, 0.15) is 5.54 Å². The molecule has 9 heteroatoms. The summed E-state index contributed by atoms with van der Waals surface area (Å²) in [5, 5.41) is 25.7. The maximum atomic E-state index is 14.0. The number of carbonyl (C=O) groups excluding carboxylic acids is 2. The first kappa shape index (κ1) is 23.7. The number of hydrogen-bond acceptors (Lipinski definition) is 6. The number of ether oxygens (including phenoxy) is 1. The van der Waals surface area contributed by atoms with Crippen molar-refractivity contribution in [2.75, 3.05) is 12.0 Å². The molecule has 6 rings (SSSR count). The van der Waals surface area contributed by atoms with Crippen molar-refractivity contribution in [2.45, 2.75) is 18.0 Å². The molecule has 2 fully saturated rings. The molecule has 0 bridgehead atoms. The van der Waals surface area contributed by atoms with Gasteiger partial charge in [-0.2, -0.15) is 0 Å². The van der Waals surface area contributed by atoms with Crippen molar-refractivity contribution in [3.05, 3.63) is 90.1 Å². The number of hydrogen-bond donors (Lipinski definition) is 4. The predicted molar refractivity (Wildman–Crippen MR) is 139 cm³/mol. The molecule has 4 N–H and O–H groups in total. The lowest BCUT2D eigenvalue weighted by Crippen LogP contribution is -2.57. The van der Waals surface area contributed by atoms with Gasteiger partial charge in [0.15, 0.2) is 11.5 Å². The Morgan fingerprint density at radius 2 is 1.74 bits per heavy atom. The number of carbonyl (C=O) groups is 3. The van der Waals surface area contributed by atoms with Gasteiger partial charge in [-0.1, -0.05) is 48.5 Å². The lowest BCUT2D eigenvalue weighted by molar-refractivity contribution is -0.148. The van der Waals surface area contributed by atoms with Crippen molar-refractivity contribution in [3.8, 4) is 11.5 Å². The van der Waals surface area contributed by atoms with Crippen LogP contribution in [0.2, 0.25) is 0 Å². The van der Waals surface area contributed by atoms with Gasteiger partial charge in [0.2, 0.25) is 11.8 Å². The summed E-state index contributed by atoms with van der Waals surface area (Å²) in [5.74, 6) is -4.68. The van der Waals surface area contributed by atoms with E-state index in [-0.39, 0.29) is 23.5 Å². The van der Waals surface area contributed by atoms with Crippen molar-refractivity contribution in [3.63, 3.8) is 0 Å². The smallest absolute Gasteiger partial charge is 0.325 e. The van der Waals surface area contributed by atoms with E-state index in [4.69, 9.17) is 4.74 Å². The van der Waals surface area contributed by atoms with E-state index in [1.807, 2.05) is 24.3 Å². The van der Waals surface area contributed by atoms with Crippen LogP contribution < -0.4 is 15.0 Å². The van der Waals surface area contributed by atoms with Gasteiger partial charge in [-0.05, 0) is 29.8 Å². The number of aromatic nitrogens is 1. The lowest BCUT2D eigenvalue weighted by Gasteiger charge is -2.31. The monoisotopic (exact) mass is 511 g/mol. The molecule has 0 spiro atoms. The average molecular weight is 512 g/mol. The molecule has 2 aliphatic heterocycles. The van der Waals surface area contributed by atoms with Gasteiger partial charge in [0, 0.05) is 35.1 Å². The topological polar surface area (TPSA) is 132 Å². The number of para-hydroxylation sites is 3. The zero-order valence-electron chi connectivity index (χ0n) is 20.4. The third kappa shape index (κ3) is 3.32. The minimum Gasteiger partial charge on any atom is -0.504 e. The molecule has 4 atom stereocenters. The Hall–Kier alpha value is -4.63. The first-order valence-electron chi connectivity index (χ1n) is 12.2. The summed E-state index contributed by atoms with van der Waals surface area (Å²) in [5.41, 5.74) is 0.364. The van der Waals surface area contributed by atoms with E-state index in [9.17, 15) is 24.6 Å². The summed E-state index contributed by atoms with van der Waals surface area (Å²) in [6, 6.07) is 19.9. The van der Waals surface area contributed by atoms with Gasteiger partial charge < -0.3 is 19.9 Å². The normalized spacial score (nSPS) is 24.7. The number of amides is 2. The number of anilines is 1. The number of phenols is 1. The first-order chi connectivity index (χ1) is 18.4. The van der Waals surface area contributed by atoms with Crippen molar-refractivity contribution in [1.29, 1.82) is 0 Å². The number of nitrogens with one attached hydrogen (secondary N) is 2. The molecule has 0 unspecified atom stereocenters. The molecule has 0 aliphatic carbocycles. The number of H-pyrrole nitrogens is 1. The number of benzene rings is 3. The SMILES string of the molecule is COc1cccc([C@H]2N[C@](Cc3c[nH]c4ccccc34)(C(=O)O)[C@@H]3C(=O)N(c4ccccc4)C(=O)[C@@H]23)c1O. The fraction of sp³-hybridized carbons (Fsp3) is 0.207. The van der Waals surface area contributed by atoms with E-state index >= 15 is 0 Å². The maximum Gasteiger partial charge on any atom is 0.325 e. The number of methoxy groups -OCH3 is 1. The van der Waals surface area contributed by atoms with Crippen LogP contribution >= 0.6 is 0 Å². The van der Waals surface area contributed by atoms with Gasteiger partial charge in [0.25, 0.3) is 0 Å². The fourth-order valence-corrected chi connectivity index (χ4v) is 6.07. The van der Waals surface area contributed by atoms with Crippen molar-refractivity contribution in [1.82, 2.24) is 10.3 Å². The van der Waals surface area contributed by atoms with Crippen LogP contribution in [-0.4, -0.2) is 45.6 Å². The second kappa shape index (κ2) is 8.74. The Bertz CT molecular complexity index is 1580. The number of imide groups is 1. The number of aromatic hydroxyl groups is 1. The van der Waals surface area contributed by atoms with Crippen LogP contribution in [-0.2, 0) is 20.8 Å². The van der Waals surface area contributed by atoms with Crippen LogP contribution in [0.4, 0.5) is 5.69 Å². The van der Waals surface area contributed by atoms with E-state index in [0.29, 0.717) is 11.3 Å². The summed E-state index contributed by atoms with van der Waals surface area (Å²) < 4.78 is 5.27. The number of rotatable bonds is 6. The zero-order valence-corrected chi connectivity index (χ0v) is 20.4. The number of aromatic amines is 1. The Kier molecular flexibility index (Phi) is 5.46. The first-order valence-corrected chi connectivity index (χ1v) is 12.2. The third-order valence-corrected chi connectivity index (χ3v) is 7.78. The van der Waals surface area contributed by atoms with Crippen LogP contribution in [0.1, 0.15) is 17.2 Å². The maximum absolute atomic E-state index is 14.0. The molecule has 3 aromatic carbocycles. The third-order valence-electron chi connectivity index (χ3n) is 7.78. The molecule has 3 heterocycles. The molecule has 2 amide bonds. The molecule has 38 heavy (non-hydrogen) atoms. The van der Waals surface area contributed by atoms with Gasteiger partial charge in [0.05, 0.1) is 24.6 Å². The van der Waals surface area contributed by atoms with E-state index in [1.54, 1.807) is 54.7 Å². The minimum atomic E-state index is -1.83. The van der Waals surface area contributed by atoms with Crippen LogP contribution in [0.15, 0.2) is 79.0 Å². The molecule has 192 valence electrons. The van der Waals surface area contributed by atoms with E-state index < -0.39 is 41.2 Å². The molecule has 1 aromatic heterocycles. The van der Waals surface area contributed by atoms with Gasteiger partial charge in [-0.3, -0.25) is 19.7 Å². The van der Waals surface area contributed by atoms with Gasteiger partial charge in [-0.15, -0.1) is 0 Å². The summed E-state index contributed by atoms with van der Waals surface area (Å²) in [4.78, 5) is 45.3. The summed E-state index contributed by atoms with van der Waals surface area (Å²) >= 11 is 0. The van der Waals surface area contributed by atoms with Crippen LogP contribution in [0.5, 0.6) is 11.5 Å². The molecule has 0 saturated carbocycles. The highest BCUT2D eigenvalue weighted by atomic mass is 16.5. The average Bonchev–Trinajstić information content (AvgIpc) is 3.57. The lowest BCUT2D eigenvalue weighted by atomic mass is 9.76. The predicted octanol–water partition coefficient (Wildman–Crippen LogP) is 3.40. The van der Waals surface area contributed by atoms with Gasteiger partial charge in [-0.25, -0.2) is 4.90 Å². The highest BCUT2D eigenvalue weighted by Gasteiger charge is 2.69. The largest absolute Gasteiger partial charge is 0.504 e. The van der Waals surface area contributed by atoms with E-state index in [2.05, 4.69) is 10.3 Å². The quantitative estimate of drug-likeness (QED) is 0.292. The number of aliphatic carboxylic acids is 1. The number of carboxylic acids is 1. The Morgan fingerprint density at radius 1 is 1.00 bits per heavy atom. The van der Waals surface area contributed by atoms with E-state index in [1.165, 1.54) is 7.11 Å². The Labute approximate surface area is 217 Å². The zero-order chi connectivity index (χ0) is 26.6. The molecular formula is C29H25N3O6. The Morgan fingerprint density at radius 3 is 2.47 bits per heavy atom. The fourth-order valence-electron chi connectivity index (χ4n) is 6.07. The highest BCUT2D eigenvalue weighted by molar-refractivity contribution is 6.24. The molecule has 0 radical (unpaired) electrons. The molecule has 4 aromatic rings. The second-order valence-electron chi connectivity index (χ2n) is 9.68. The number of nitrogens with zero attached hydrogens (tertiary/aromatic N) is 1. The van der Waals surface area contributed by atoms with Crippen molar-refractivity contribution < 1.29 is 29.3 Å². The van der Waals surface area contributed by atoms with E-state index in [0.717, 1.165) is 15.8 Å². The summed E-state index contributed by atoms with van der Waals surface area (Å²) in [6.45, 7) is 0. The van der Waals surface area contributed by atoms with Crippen LogP contribution in [0, 0.1) is 11.8 Å². The highest BCUT2D eigenvalue weighted by Crippen LogP contribution is 2.53. The summed E-state index contributed by atoms with van der Waals surface area (Å²) in [6.07, 6.45) is 1.68. The second-order valence-corrected chi connectivity index (χ2v) is 9.68. The summed E-state index contributed by atoms with van der Waals surface area (Å²) in [7, 11) is 1.41. The van der Waals surface area contributed by atoms with Crippen molar-refractivity contribution >= 4 is 34.4 Å². The molecular weight excluding hydrogens is 486 g/mol. The van der Waals surface area contributed by atoms with Gasteiger partial charge >= 0.3 is 5.97 Å². The number of fused-ring (bicyclic) bond motifs is 2. The van der Waals surface area contributed by atoms with Crippen LogP contribution in [0.3, 0.4) is 0 Å². The minimum absolute atomic E-state index is 0.0591. The molecule has 2 saturated heterocycles. The van der Waals surface area contributed by atoms with Crippen LogP contribution in [0.25, 0.3) is 10.9 Å². The standard InChI is InChI=1S/C29H25N3O6/c1-38-21-13-7-11-19(25(21)33)24-22-23(27(35)32(26(22)34)17-8-3-2-4-9-17)29(31-24,28(36)37)14-16-15-30-20-12-6-5-10-18(16)20/h2-13,15,22-24,30-31,33H,14H2,1H3,(H,36,37)/t22-,23+,24-,29+/m1/s1. The Balaban J connectivity index is 1.54.